The topological polar surface area (TPSA) is 87.0 Å². The summed E-state index contributed by atoms with van der Waals surface area (Å²) in [6.07, 6.45) is -1.17. The smallest absolute Gasteiger partial charge is 0.371 e. The molecule has 120 valence electrons. The summed E-state index contributed by atoms with van der Waals surface area (Å²) in [6, 6.07) is 0. The normalized spacial score (nSPS) is 38.9. The molecule has 4 unspecified atom stereocenters. The summed E-state index contributed by atoms with van der Waals surface area (Å²) < 4.78 is 43.5. The predicted octanol–water partition coefficient (Wildman–Crippen LogP) is -0.741. The van der Waals surface area contributed by atoms with E-state index in [1.54, 1.807) is 0 Å². The van der Waals surface area contributed by atoms with Crippen molar-refractivity contribution in [3.63, 3.8) is 0 Å². The Labute approximate surface area is 122 Å². The third-order valence-electron chi connectivity index (χ3n) is 3.39. The van der Waals surface area contributed by atoms with E-state index in [0.717, 1.165) is 0 Å². The lowest BCUT2D eigenvalue weighted by molar-refractivity contribution is -0.500. The molecule has 0 aliphatic carbocycles. The van der Waals surface area contributed by atoms with Crippen LogP contribution in [0.15, 0.2) is 0 Å². The summed E-state index contributed by atoms with van der Waals surface area (Å²) in [4.78, 5) is 0. The molecule has 8 nitrogen and oxygen atoms in total. The molecule has 0 radical (unpaired) electrons. The van der Waals surface area contributed by atoms with Crippen LogP contribution in [0.5, 0.6) is 0 Å². The van der Waals surface area contributed by atoms with Gasteiger partial charge >= 0.3 is 6.16 Å². The van der Waals surface area contributed by atoms with E-state index in [1.807, 2.05) is 0 Å². The van der Waals surface area contributed by atoms with Gasteiger partial charge in [-0.2, -0.15) is 0 Å². The second-order valence-electron chi connectivity index (χ2n) is 5.57. The lowest BCUT2D eigenvalue weighted by atomic mass is 10.5. The Morgan fingerprint density at radius 2 is 0.810 bits per heavy atom. The second kappa shape index (κ2) is 6.05. The fraction of sp³-hybridized carbons (Fsp3) is 1.00. The average molecular weight is 304 g/mol. The van der Waals surface area contributed by atoms with Crippen LogP contribution in [0, 0.1) is 0 Å². The van der Waals surface area contributed by atoms with Crippen LogP contribution in [0.4, 0.5) is 0 Å². The Morgan fingerprint density at radius 3 is 1.00 bits per heavy atom. The first kappa shape index (κ1) is 14.3. The van der Waals surface area contributed by atoms with Gasteiger partial charge in [-0.15, -0.1) is 0 Å². The maximum absolute atomic E-state index is 5.73. The molecule has 4 aliphatic rings. The van der Waals surface area contributed by atoms with Gasteiger partial charge in [-0.3, -0.25) is 0 Å². The molecule has 0 aromatic rings. The van der Waals surface area contributed by atoms with E-state index in [1.165, 1.54) is 0 Å². The molecule has 8 heteroatoms. The molecule has 0 amide bonds. The highest BCUT2D eigenvalue weighted by Gasteiger charge is 2.44. The molecule has 4 fully saturated rings. The predicted molar refractivity (Wildman–Crippen MR) is 65.5 cm³/mol. The quantitative estimate of drug-likeness (QED) is 0.344. The van der Waals surface area contributed by atoms with Crippen molar-refractivity contribution in [2.75, 3.05) is 52.9 Å². The largest absolute Gasteiger partial charge is 0.413 e. The molecule has 4 atom stereocenters. The Kier molecular flexibility index (Phi) is 4.12. The Bertz CT molecular complexity index is 279. The van der Waals surface area contributed by atoms with E-state index >= 15 is 0 Å². The fourth-order valence-corrected chi connectivity index (χ4v) is 1.69. The monoisotopic (exact) mass is 304 g/mol. The van der Waals surface area contributed by atoms with E-state index < -0.39 is 6.16 Å². The maximum atomic E-state index is 5.73. The minimum absolute atomic E-state index is 0.0895. The van der Waals surface area contributed by atoms with Gasteiger partial charge in [0.25, 0.3) is 0 Å². The molecule has 4 aliphatic heterocycles. The van der Waals surface area contributed by atoms with Crippen LogP contribution in [0.2, 0.25) is 0 Å². The van der Waals surface area contributed by atoms with E-state index in [9.17, 15) is 0 Å². The van der Waals surface area contributed by atoms with E-state index in [0.29, 0.717) is 52.9 Å². The van der Waals surface area contributed by atoms with Gasteiger partial charge in [0, 0.05) is 0 Å². The summed E-state index contributed by atoms with van der Waals surface area (Å²) in [6.45, 7) is 4.23. The van der Waals surface area contributed by atoms with E-state index in [-0.39, 0.29) is 24.4 Å². The minimum Gasteiger partial charge on any atom is -0.371 e. The molecule has 4 rings (SSSR count). The van der Waals surface area contributed by atoms with Gasteiger partial charge in [0.1, 0.15) is 24.4 Å². The molecule has 4 saturated heterocycles. The van der Waals surface area contributed by atoms with Gasteiger partial charge in [0.2, 0.25) is 0 Å². The van der Waals surface area contributed by atoms with Gasteiger partial charge in [-0.05, 0) is 0 Å². The number of ether oxygens (including phenoxy) is 8. The third-order valence-corrected chi connectivity index (χ3v) is 3.39. The van der Waals surface area contributed by atoms with Crippen LogP contribution < -0.4 is 0 Å². The zero-order valence-corrected chi connectivity index (χ0v) is 11.7. The number of hydrogen-bond donors (Lipinski definition) is 0. The van der Waals surface area contributed by atoms with E-state index in [4.69, 9.17) is 37.9 Å². The Balaban J connectivity index is 1.34. The van der Waals surface area contributed by atoms with Crippen molar-refractivity contribution in [3.8, 4) is 0 Å². The van der Waals surface area contributed by atoms with Crippen LogP contribution in [-0.2, 0) is 37.9 Å². The number of epoxide rings is 4. The van der Waals surface area contributed by atoms with Crippen LogP contribution in [-0.4, -0.2) is 83.4 Å². The van der Waals surface area contributed by atoms with Crippen molar-refractivity contribution in [3.05, 3.63) is 0 Å². The van der Waals surface area contributed by atoms with Crippen LogP contribution in [0.1, 0.15) is 0 Å². The van der Waals surface area contributed by atoms with Gasteiger partial charge < -0.3 is 37.9 Å². The highest BCUT2D eigenvalue weighted by molar-refractivity contribution is 4.73. The Hall–Kier alpha value is -0.320. The summed E-state index contributed by atoms with van der Waals surface area (Å²) >= 11 is 0. The first-order valence-corrected chi connectivity index (χ1v) is 7.33. The van der Waals surface area contributed by atoms with Crippen LogP contribution in [0.3, 0.4) is 0 Å². The SMILES string of the molecule is C1OC1COC(OCC1CO1)(OCC1CO1)OCC1CO1. The zero-order chi connectivity index (χ0) is 14.1. The first-order valence-electron chi connectivity index (χ1n) is 7.33. The summed E-state index contributed by atoms with van der Waals surface area (Å²) in [7, 11) is 0. The van der Waals surface area contributed by atoms with Crippen molar-refractivity contribution < 1.29 is 37.9 Å². The third kappa shape index (κ3) is 4.83. The van der Waals surface area contributed by atoms with Gasteiger partial charge in [0.15, 0.2) is 0 Å². The van der Waals surface area contributed by atoms with Crippen molar-refractivity contribution in [2.45, 2.75) is 30.6 Å². The van der Waals surface area contributed by atoms with Crippen molar-refractivity contribution >= 4 is 0 Å². The average Bonchev–Trinajstić information content (AvgIpc) is 3.39. The lowest BCUT2D eigenvalue weighted by Crippen LogP contribution is -2.45. The van der Waals surface area contributed by atoms with Crippen molar-refractivity contribution in [1.82, 2.24) is 0 Å². The molecule has 4 heterocycles. The lowest BCUT2D eigenvalue weighted by Gasteiger charge is -2.31. The van der Waals surface area contributed by atoms with Crippen molar-refractivity contribution in [1.29, 1.82) is 0 Å². The first-order chi connectivity index (χ1) is 10.3. The van der Waals surface area contributed by atoms with Gasteiger partial charge in [-0.25, -0.2) is 0 Å². The second-order valence-corrected chi connectivity index (χ2v) is 5.57. The van der Waals surface area contributed by atoms with Crippen molar-refractivity contribution in [2.24, 2.45) is 0 Å². The molecule has 21 heavy (non-hydrogen) atoms. The molecule has 0 N–H and O–H groups in total. The molecular formula is C13H20O8. The minimum atomic E-state index is -1.53. The molecule has 0 bridgehead atoms. The Morgan fingerprint density at radius 1 is 0.571 bits per heavy atom. The summed E-state index contributed by atoms with van der Waals surface area (Å²) in [5, 5.41) is 0. The van der Waals surface area contributed by atoms with E-state index in [2.05, 4.69) is 0 Å². The molecule has 0 spiro atoms. The molecular weight excluding hydrogens is 284 g/mol. The molecule has 0 saturated carbocycles. The standard InChI is InChI=1S/C13H20O8/c1-9(14-1)5-18-13(19-6-10-2-15-10,20-7-11-3-16-11)21-8-12-4-17-12/h9-12H,1-8H2. The summed E-state index contributed by atoms with van der Waals surface area (Å²) in [5.74, 6) is 0. The number of rotatable bonds is 12. The molecule has 0 aromatic carbocycles. The fourth-order valence-electron chi connectivity index (χ4n) is 1.69. The van der Waals surface area contributed by atoms with Gasteiger partial charge in [-0.1, -0.05) is 0 Å². The molecule has 0 aromatic heterocycles. The number of hydrogen-bond acceptors (Lipinski definition) is 8. The zero-order valence-electron chi connectivity index (χ0n) is 11.7. The van der Waals surface area contributed by atoms with Crippen LogP contribution in [0.25, 0.3) is 0 Å². The van der Waals surface area contributed by atoms with Gasteiger partial charge in [0.05, 0.1) is 52.9 Å². The highest BCUT2D eigenvalue weighted by atomic mass is 17.0. The maximum Gasteiger partial charge on any atom is 0.413 e. The summed E-state index contributed by atoms with van der Waals surface area (Å²) in [5.41, 5.74) is 0. The highest BCUT2D eigenvalue weighted by Crippen LogP contribution is 2.26. The van der Waals surface area contributed by atoms with Crippen LogP contribution >= 0.6 is 0 Å².